The van der Waals surface area contributed by atoms with Gasteiger partial charge in [-0.3, -0.25) is 9.78 Å². The molecule has 4 nitrogen and oxygen atoms in total. The molecule has 1 saturated heterocycles. The Balaban J connectivity index is 1.30. The largest absolute Gasteiger partial charge is 0.351 e. The van der Waals surface area contributed by atoms with Gasteiger partial charge in [0.05, 0.1) is 5.56 Å². The summed E-state index contributed by atoms with van der Waals surface area (Å²) in [7, 11) is 0. The van der Waals surface area contributed by atoms with Gasteiger partial charge in [0.25, 0.3) is 5.91 Å². The molecule has 0 radical (unpaired) electrons. The minimum absolute atomic E-state index is 0.00219. The maximum absolute atomic E-state index is 12.3. The van der Waals surface area contributed by atoms with Crippen molar-refractivity contribution in [3.05, 3.63) is 29.1 Å². The fourth-order valence-electron chi connectivity index (χ4n) is 4.80. The summed E-state index contributed by atoms with van der Waals surface area (Å²) < 4.78 is 0. The molecule has 2 heterocycles. The van der Waals surface area contributed by atoms with Gasteiger partial charge in [-0.05, 0) is 63.2 Å². The van der Waals surface area contributed by atoms with Crippen molar-refractivity contribution in [1.82, 2.24) is 15.2 Å². The second-order valence-corrected chi connectivity index (χ2v) is 8.76. The number of carbonyl (C=O) groups is 1. The van der Waals surface area contributed by atoms with Crippen molar-refractivity contribution in [2.45, 2.75) is 71.6 Å². The number of pyridine rings is 1. The average molecular weight is 372 g/mol. The van der Waals surface area contributed by atoms with Crippen molar-refractivity contribution in [3.8, 4) is 0 Å². The molecule has 0 bridgehead atoms. The molecule has 2 fully saturated rings. The van der Waals surface area contributed by atoms with E-state index in [0.29, 0.717) is 5.56 Å². The van der Waals surface area contributed by atoms with E-state index < -0.39 is 0 Å². The predicted molar refractivity (Wildman–Crippen MR) is 111 cm³/mol. The fraction of sp³-hybridized carbons (Fsp3) is 0.739. The van der Waals surface area contributed by atoms with Gasteiger partial charge in [-0.15, -0.1) is 0 Å². The lowest BCUT2D eigenvalue weighted by molar-refractivity contribution is 0.0942. The minimum atomic E-state index is 0.00219. The van der Waals surface area contributed by atoms with Crippen LogP contribution in [0.25, 0.3) is 0 Å². The van der Waals surface area contributed by atoms with Gasteiger partial charge in [0.15, 0.2) is 0 Å². The van der Waals surface area contributed by atoms with Gasteiger partial charge in [0.1, 0.15) is 0 Å². The van der Waals surface area contributed by atoms with Crippen LogP contribution in [0.1, 0.15) is 79.4 Å². The zero-order valence-corrected chi connectivity index (χ0v) is 17.3. The van der Waals surface area contributed by atoms with E-state index in [0.717, 1.165) is 36.2 Å². The van der Waals surface area contributed by atoms with E-state index in [1.54, 1.807) is 6.20 Å². The first-order valence-electron chi connectivity index (χ1n) is 11.1. The summed E-state index contributed by atoms with van der Waals surface area (Å²) in [5.41, 5.74) is 2.65. The maximum Gasteiger partial charge on any atom is 0.253 e. The maximum atomic E-state index is 12.3. The zero-order chi connectivity index (χ0) is 19.1. The van der Waals surface area contributed by atoms with Gasteiger partial charge in [-0.25, -0.2) is 0 Å². The average Bonchev–Trinajstić information content (AvgIpc) is 2.68. The zero-order valence-electron chi connectivity index (χ0n) is 17.3. The number of rotatable bonds is 7. The highest BCUT2D eigenvalue weighted by molar-refractivity contribution is 5.95. The number of aryl methyl sites for hydroxylation is 2. The Bertz CT molecular complexity index is 602. The van der Waals surface area contributed by atoms with Crippen molar-refractivity contribution >= 4 is 5.91 Å². The molecular weight excluding hydrogens is 334 g/mol. The Morgan fingerprint density at radius 1 is 1.07 bits per heavy atom. The SMILES string of the molecule is Cc1cc(C)c(C(=O)NCCN2CCC(CCC3CCCCC3)CC2)cn1. The molecule has 0 atom stereocenters. The molecule has 0 spiro atoms. The Hall–Kier alpha value is -1.42. The third kappa shape index (κ3) is 6.31. The van der Waals surface area contributed by atoms with E-state index in [4.69, 9.17) is 0 Å². The Morgan fingerprint density at radius 2 is 1.74 bits per heavy atom. The number of aromatic nitrogens is 1. The number of piperidine rings is 1. The molecular formula is C23H37N3O. The van der Waals surface area contributed by atoms with E-state index in [1.807, 2.05) is 19.9 Å². The van der Waals surface area contributed by atoms with Crippen LogP contribution in [-0.2, 0) is 0 Å². The van der Waals surface area contributed by atoms with E-state index >= 15 is 0 Å². The van der Waals surface area contributed by atoms with Gasteiger partial charge >= 0.3 is 0 Å². The summed E-state index contributed by atoms with van der Waals surface area (Å²) in [5.74, 6) is 1.95. The molecule has 27 heavy (non-hydrogen) atoms. The van der Waals surface area contributed by atoms with E-state index in [2.05, 4.69) is 15.2 Å². The van der Waals surface area contributed by atoms with Gasteiger partial charge in [0, 0.05) is 25.0 Å². The van der Waals surface area contributed by atoms with Crippen LogP contribution in [0.15, 0.2) is 12.3 Å². The highest BCUT2D eigenvalue weighted by atomic mass is 16.1. The number of hydrogen-bond donors (Lipinski definition) is 1. The Morgan fingerprint density at radius 3 is 2.41 bits per heavy atom. The van der Waals surface area contributed by atoms with Gasteiger partial charge in [-0.1, -0.05) is 44.9 Å². The molecule has 2 aliphatic rings. The molecule has 0 unspecified atom stereocenters. The smallest absolute Gasteiger partial charge is 0.253 e. The molecule has 1 aliphatic carbocycles. The summed E-state index contributed by atoms with van der Waals surface area (Å²) in [6, 6.07) is 1.97. The first kappa shape index (κ1) is 20.3. The molecule has 150 valence electrons. The van der Waals surface area contributed by atoms with Crippen LogP contribution in [0.5, 0.6) is 0 Å². The second kappa shape index (κ2) is 10.2. The predicted octanol–water partition coefficient (Wildman–Crippen LogP) is 4.50. The summed E-state index contributed by atoms with van der Waals surface area (Å²) in [5, 5.41) is 3.07. The van der Waals surface area contributed by atoms with Crippen LogP contribution in [0.4, 0.5) is 0 Å². The van der Waals surface area contributed by atoms with Crippen LogP contribution in [-0.4, -0.2) is 42.0 Å². The third-order valence-corrected chi connectivity index (χ3v) is 6.62. The summed E-state index contributed by atoms with van der Waals surface area (Å²) in [6.07, 6.45) is 14.6. The van der Waals surface area contributed by atoms with Crippen LogP contribution in [0.2, 0.25) is 0 Å². The van der Waals surface area contributed by atoms with Crippen molar-refractivity contribution in [3.63, 3.8) is 0 Å². The monoisotopic (exact) mass is 371 g/mol. The number of nitrogens with one attached hydrogen (secondary N) is 1. The lowest BCUT2D eigenvalue weighted by Gasteiger charge is -2.33. The van der Waals surface area contributed by atoms with Gasteiger partial charge in [-0.2, -0.15) is 0 Å². The molecule has 1 N–H and O–H groups in total. The molecule has 0 aromatic carbocycles. The lowest BCUT2D eigenvalue weighted by Crippen LogP contribution is -2.39. The van der Waals surface area contributed by atoms with Crippen molar-refractivity contribution in [2.24, 2.45) is 11.8 Å². The van der Waals surface area contributed by atoms with Crippen LogP contribution < -0.4 is 5.32 Å². The Kier molecular flexibility index (Phi) is 7.69. The fourth-order valence-corrected chi connectivity index (χ4v) is 4.80. The molecule has 1 saturated carbocycles. The number of hydrogen-bond acceptors (Lipinski definition) is 3. The van der Waals surface area contributed by atoms with E-state index in [1.165, 1.54) is 70.9 Å². The quantitative estimate of drug-likeness (QED) is 0.767. The van der Waals surface area contributed by atoms with E-state index in [9.17, 15) is 4.79 Å². The first-order chi connectivity index (χ1) is 13.1. The molecule has 3 rings (SSSR count). The van der Waals surface area contributed by atoms with Crippen LogP contribution in [0, 0.1) is 25.7 Å². The number of carbonyl (C=O) groups excluding carboxylic acids is 1. The lowest BCUT2D eigenvalue weighted by atomic mass is 9.82. The number of nitrogens with zero attached hydrogens (tertiary/aromatic N) is 2. The van der Waals surface area contributed by atoms with Crippen LogP contribution >= 0.6 is 0 Å². The molecule has 1 amide bonds. The summed E-state index contributed by atoms with van der Waals surface area (Å²) in [4.78, 5) is 19.1. The highest BCUT2D eigenvalue weighted by Crippen LogP contribution is 2.31. The topological polar surface area (TPSA) is 45.2 Å². The van der Waals surface area contributed by atoms with Gasteiger partial charge in [0.2, 0.25) is 0 Å². The number of likely N-dealkylation sites (tertiary alicyclic amines) is 1. The number of amides is 1. The van der Waals surface area contributed by atoms with Crippen LogP contribution in [0.3, 0.4) is 0 Å². The Labute approximate surface area is 165 Å². The molecule has 1 aromatic rings. The van der Waals surface area contributed by atoms with Crippen molar-refractivity contribution < 1.29 is 4.79 Å². The van der Waals surface area contributed by atoms with Crippen molar-refractivity contribution in [2.75, 3.05) is 26.2 Å². The molecule has 1 aromatic heterocycles. The van der Waals surface area contributed by atoms with Gasteiger partial charge < -0.3 is 10.2 Å². The van der Waals surface area contributed by atoms with Crippen molar-refractivity contribution in [1.29, 1.82) is 0 Å². The standard InChI is InChI=1S/C23H37N3O/c1-18-16-19(2)25-17-22(18)23(27)24-12-15-26-13-10-21(11-14-26)9-8-20-6-4-3-5-7-20/h16-17,20-21H,3-15H2,1-2H3,(H,24,27). The molecule has 4 heteroatoms. The van der Waals surface area contributed by atoms with E-state index in [-0.39, 0.29) is 5.91 Å². The highest BCUT2D eigenvalue weighted by Gasteiger charge is 2.21. The normalized spacial score (nSPS) is 19.9. The first-order valence-corrected chi connectivity index (χ1v) is 11.1. The second-order valence-electron chi connectivity index (χ2n) is 8.76. The third-order valence-electron chi connectivity index (χ3n) is 6.62. The summed E-state index contributed by atoms with van der Waals surface area (Å²) in [6.45, 7) is 7.99. The molecule has 1 aliphatic heterocycles. The minimum Gasteiger partial charge on any atom is -0.351 e. The summed E-state index contributed by atoms with van der Waals surface area (Å²) >= 11 is 0.